The van der Waals surface area contributed by atoms with Gasteiger partial charge < -0.3 is 37.9 Å². The number of ether oxygens (including phenoxy) is 8. The summed E-state index contributed by atoms with van der Waals surface area (Å²) in [5.41, 5.74) is 3.60. The van der Waals surface area contributed by atoms with Gasteiger partial charge >= 0.3 is 6.16 Å². The summed E-state index contributed by atoms with van der Waals surface area (Å²) in [6.45, 7) is 0.670. The van der Waals surface area contributed by atoms with Gasteiger partial charge in [-0.3, -0.25) is 0 Å². The molecule has 0 radical (unpaired) electrons. The molecule has 0 bridgehead atoms. The summed E-state index contributed by atoms with van der Waals surface area (Å²) in [5, 5.41) is -0.309. The van der Waals surface area contributed by atoms with Crippen molar-refractivity contribution in [1.82, 2.24) is 0 Å². The number of alkyl halides is 1. The van der Waals surface area contributed by atoms with Gasteiger partial charge in [-0.1, -0.05) is 30.3 Å². The Hall–Kier alpha value is -3.66. The van der Waals surface area contributed by atoms with Crippen LogP contribution in [-0.2, 0) is 20.8 Å². The number of carbonyl (C=O) groups excluding carboxylic acids is 1. The molecule has 0 unspecified atom stereocenters. The molecule has 1 fully saturated rings. The molecule has 5 atom stereocenters. The zero-order valence-electron chi connectivity index (χ0n) is 22.3. The molecule has 0 saturated carbocycles. The van der Waals surface area contributed by atoms with Crippen molar-refractivity contribution < 1.29 is 42.7 Å². The number of carbonyl (C=O) groups is 1. The molecule has 0 aromatic heterocycles. The van der Waals surface area contributed by atoms with Crippen molar-refractivity contribution in [3.63, 3.8) is 0 Å². The Bertz CT molecular complexity index is 1370. The predicted octanol–water partition coefficient (Wildman–Crippen LogP) is 5.81. The Morgan fingerprint density at radius 3 is 2.27 bits per heavy atom. The Balaban J connectivity index is 1.38. The van der Waals surface area contributed by atoms with E-state index in [1.165, 1.54) is 14.2 Å². The van der Waals surface area contributed by atoms with Gasteiger partial charge in [0.15, 0.2) is 29.3 Å². The van der Waals surface area contributed by atoms with E-state index in [4.69, 9.17) is 49.5 Å². The lowest BCUT2D eigenvalue weighted by molar-refractivity contribution is -0.113. The Kier molecular flexibility index (Phi) is 7.35. The predicted molar refractivity (Wildman–Crippen MR) is 144 cm³/mol. The van der Waals surface area contributed by atoms with Gasteiger partial charge in [0, 0.05) is 24.9 Å². The minimum Gasteiger partial charge on any atom is -0.493 e. The van der Waals surface area contributed by atoms with Crippen LogP contribution in [0.2, 0.25) is 0 Å². The Morgan fingerprint density at radius 1 is 0.950 bits per heavy atom. The summed E-state index contributed by atoms with van der Waals surface area (Å²) in [5.74, 6) is 1.69. The van der Waals surface area contributed by atoms with E-state index in [2.05, 4.69) is 0 Å². The number of fused-ring (bicyclic) bond motifs is 3. The number of hydrogen-bond donors (Lipinski definition) is 0. The normalized spacial score (nSPS) is 24.1. The maximum absolute atomic E-state index is 12.6. The van der Waals surface area contributed by atoms with Gasteiger partial charge in [0.1, 0.15) is 6.61 Å². The van der Waals surface area contributed by atoms with Crippen LogP contribution in [0, 0.1) is 11.8 Å². The maximum atomic E-state index is 12.6. The second-order valence-electron chi connectivity index (χ2n) is 9.77. The topological polar surface area (TPSA) is 90.9 Å². The van der Waals surface area contributed by atoms with Gasteiger partial charge in [0.25, 0.3) is 0 Å². The summed E-state index contributed by atoms with van der Waals surface area (Å²) < 4.78 is 45.4. The lowest BCUT2D eigenvalue weighted by Crippen LogP contribution is -2.35. The van der Waals surface area contributed by atoms with E-state index in [9.17, 15) is 4.79 Å². The highest BCUT2D eigenvalue weighted by Gasteiger charge is 2.52. The number of halogens is 1. The number of rotatable bonds is 7. The van der Waals surface area contributed by atoms with Crippen LogP contribution in [-0.4, -0.2) is 47.2 Å². The van der Waals surface area contributed by atoms with Gasteiger partial charge in [0.2, 0.25) is 12.5 Å². The van der Waals surface area contributed by atoms with Gasteiger partial charge in [-0.2, -0.15) is 0 Å². The highest BCUT2D eigenvalue weighted by molar-refractivity contribution is 6.21. The van der Waals surface area contributed by atoms with Crippen molar-refractivity contribution in [2.24, 2.45) is 11.8 Å². The number of methoxy groups -OCH3 is 3. The van der Waals surface area contributed by atoms with E-state index in [1.54, 1.807) is 7.11 Å². The fourth-order valence-electron chi connectivity index (χ4n) is 5.87. The Morgan fingerprint density at radius 2 is 1.62 bits per heavy atom. The first kappa shape index (κ1) is 26.6. The molecule has 10 heteroatoms. The van der Waals surface area contributed by atoms with Crippen molar-refractivity contribution in [3.8, 4) is 28.7 Å². The largest absolute Gasteiger partial charge is 0.514 e. The van der Waals surface area contributed by atoms with E-state index < -0.39 is 12.4 Å². The van der Waals surface area contributed by atoms with Gasteiger partial charge in [-0.15, -0.1) is 11.6 Å². The van der Waals surface area contributed by atoms with E-state index in [0.717, 1.165) is 22.3 Å². The van der Waals surface area contributed by atoms with Crippen molar-refractivity contribution >= 4 is 17.8 Å². The van der Waals surface area contributed by atoms with Crippen molar-refractivity contribution in [2.75, 3.05) is 34.7 Å². The standard InChI is InChI=1S/C30H29ClO9/c1-33-23-9-17(10-24(34-2)28(23)40-30(32)37-13-16-7-5-4-6-8-16)25-18-11-21-22(39-15-38-21)12-19(18)27(31)20-14-36-29(35-3)26(20)25/h4-12,20,25-27,29H,13-15H2,1-3H3/t20-,25+,26-,27+,29+/m0/s1. The van der Waals surface area contributed by atoms with Crippen LogP contribution in [0.25, 0.3) is 0 Å². The monoisotopic (exact) mass is 568 g/mol. The van der Waals surface area contributed by atoms with Crippen LogP contribution in [0.15, 0.2) is 54.6 Å². The van der Waals surface area contributed by atoms with E-state index in [1.807, 2.05) is 54.6 Å². The number of benzene rings is 3. The summed E-state index contributed by atoms with van der Waals surface area (Å²) in [7, 11) is 4.63. The third kappa shape index (κ3) is 4.68. The first-order valence-electron chi connectivity index (χ1n) is 12.9. The maximum Gasteiger partial charge on any atom is 0.514 e. The lowest BCUT2D eigenvalue weighted by Gasteiger charge is -2.40. The van der Waals surface area contributed by atoms with Crippen molar-refractivity contribution in [2.45, 2.75) is 24.2 Å². The van der Waals surface area contributed by atoms with Gasteiger partial charge in [-0.05, 0) is 46.5 Å². The third-order valence-electron chi connectivity index (χ3n) is 7.69. The summed E-state index contributed by atoms with van der Waals surface area (Å²) in [4.78, 5) is 12.6. The SMILES string of the molecule is COc1cc([C@@H]2c3cc4c(cc3[C@@H](Cl)[C@H]3CO[C@@H](OC)[C@H]23)OCO4)cc(OC)c1OC(=O)OCc1ccccc1. The Labute approximate surface area is 236 Å². The highest BCUT2D eigenvalue weighted by atomic mass is 35.5. The van der Waals surface area contributed by atoms with Crippen LogP contribution >= 0.6 is 11.6 Å². The van der Waals surface area contributed by atoms with Crippen molar-refractivity contribution in [1.29, 1.82) is 0 Å². The van der Waals surface area contributed by atoms with Crippen LogP contribution in [0.1, 0.15) is 33.5 Å². The zero-order valence-corrected chi connectivity index (χ0v) is 23.0. The number of hydrogen-bond acceptors (Lipinski definition) is 9. The van der Waals surface area contributed by atoms with E-state index in [0.29, 0.717) is 29.6 Å². The van der Waals surface area contributed by atoms with Crippen LogP contribution in [0.5, 0.6) is 28.7 Å². The summed E-state index contributed by atoms with van der Waals surface area (Å²) in [6.07, 6.45) is -1.35. The van der Waals surface area contributed by atoms with E-state index >= 15 is 0 Å². The summed E-state index contributed by atoms with van der Waals surface area (Å²) in [6, 6.07) is 16.9. The second-order valence-corrected chi connectivity index (χ2v) is 10.2. The van der Waals surface area contributed by atoms with Crippen molar-refractivity contribution in [3.05, 3.63) is 76.9 Å². The molecular formula is C30H29ClO9. The minimum atomic E-state index is -0.877. The molecule has 40 heavy (non-hydrogen) atoms. The average molecular weight is 569 g/mol. The molecule has 210 valence electrons. The lowest BCUT2D eigenvalue weighted by atomic mass is 9.67. The molecule has 3 aromatic carbocycles. The second kappa shape index (κ2) is 11.1. The molecule has 0 N–H and O–H groups in total. The smallest absolute Gasteiger partial charge is 0.493 e. The molecule has 3 aliphatic rings. The fraction of sp³-hybridized carbons (Fsp3) is 0.367. The quantitative estimate of drug-likeness (QED) is 0.199. The molecule has 3 aromatic rings. The van der Waals surface area contributed by atoms with Crippen LogP contribution in [0.3, 0.4) is 0 Å². The molecule has 0 spiro atoms. The van der Waals surface area contributed by atoms with Crippen LogP contribution < -0.4 is 23.7 Å². The summed E-state index contributed by atoms with van der Waals surface area (Å²) >= 11 is 7.05. The molecule has 1 saturated heterocycles. The van der Waals surface area contributed by atoms with E-state index in [-0.39, 0.29) is 42.3 Å². The first-order chi connectivity index (χ1) is 19.5. The minimum absolute atomic E-state index is 0.0228. The molecule has 6 rings (SSSR count). The third-order valence-corrected chi connectivity index (χ3v) is 8.25. The molecule has 2 heterocycles. The molecule has 2 aliphatic heterocycles. The fourth-order valence-corrected chi connectivity index (χ4v) is 6.30. The van der Waals surface area contributed by atoms with Crippen LogP contribution in [0.4, 0.5) is 4.79 Å². The highest BCUT2D eigenvalue weighted by Crippen LogP contribution is 2.58. The zero-order chi connectivity index (χ0) is 27.8. The van der Waals surface area contributed by atoms with Gasteiger partial charge in [0.05, 0.1) is 26.2 Å². The molecule has 9 nitrogen and oxygen atoms in total. The molecule has 1 aliphatic carbocycles. The first-order valence-corrected chi connectivity index (χ1v) is 13.3. The average Bonchev–Trinajstić information content (AvgIpc) is 3.63. The van der Waals surface area contributed by atoms with Gasteiger partial charge in [-0.25, -0.2) is 4.79 Å². The molecular weight excluding hydrogens is 540 g/mol. The molecule has 0 amide bonds.